The SMILES string of the molecule is CCC(NC(=O)c1ccc2nc(Cl)ccc2c1)c1ncc(C)[nH]1. The summed E-state index contributed by atoms with van der Waals surface area (Å²) >= 11 is 5.88. The maximum atomic E-state index is 12.5. The summed E-state index contributed by atoms with van der Waals surface area (Å²) in [5.74, 6) is 0.635. The van der Waals surface area contributed by atoms with Crippen LogP contribution in [0, 0.1) is 6.92 Å². The molecule has 1 atom stereocenters. The quantitative estimate of drug-likeness (QED) is 0.716. The number of nitrogens with zero attached hydrogens (tertiary/aromatic N) is 2. The van der Waals surface area contributed by atoms with Gasteiger partial charge in [-0.15, -0.1) is 0 Å². The van der Waals surface area contributed by atoms with Crippen molar-refractivity contribution in [3.05, 3.63) is 58.8 Å². The first-order valence-electron chi connectivity index (χ1n) is 7.45. The van der Waals surface area contributed by atoms with Gasteiger partial charge in [-0.3, -0.25) is 4.79 Å². The van der Waals surface area contributed by atoms with Crippen molar-refractivity contribution >= 4 is 28.4 Å². The molecule has 0 fully saturated rings. The van der Waals surface area contributed by atoms with Crippen molar-refractivity contribution in [1.82, 2.24) is 20.3 Å². The highest BCUT2D eigenvalue weighted by Crippen LogP contribution is 2.19. The van der Waals surface area contributed by atoms with Gasteiger partial charge in [0.05, 0.1) is 11.6 Å². The van der Waals surface area contributed by atoms with Crippen LogP contribution in [0.3, 0.4) is 0 Å². The van der Waals surface area contributed by atoms with E-state index in [2.05, 4.69) is 20.3 Å². The zero-order valence-corrected chi connectivity index (χ0v) is 13.7. The lowest BCUT2D eigenvalue weighted by atomic mass is 10.1. The van der Waals surface area contributed by atoms with Crippen molar-refractivity contribution in [3.63, 3.8) is 0 Å². The number of imidazole rings is 1. The maximum absolute atomic E-state index is 12.5. The van der Waals surface area contributed by atoms with E-state index in [0.717, 1.165) is 28.8 Å². The molecule has 2 heterocycles. The Morgan fingerprint density at radius 1 is 1.35 bits per heavy atom. The highest BCUT2D eigenvalue weighted by molar-refractivity contribution is 6.29. The molecule has 0 aliphatic carbocycles. The van der Waals surface area contributed by atoms with Crippen LogP contribution in [0.1, 0.15) is 41.3 Å². The predicted octanol–water partition coefficient (Wildman–Crippen LogP) is 3.80. The number of amides is 1. The second-order valence-electron chi connectivity index (χ2n) is 5.43. The molecule has 0 radical (unpaired) electrons. The van der Waals surface area contributed by atoms with Gasteiger partial charge in [0.1, 0.15) is 11.0 Å². The predicted molar refractivity (Wildman–Crippen MR) is 90.6 cm³/mol. The number of aromatic nitrogens is 3. The van der Waals surface area contributed by atoms with Gasteiger partial charge in [0.25, 0.3) is 5.91 Å². The molecule has 1 amide bonds. The van der Waals surface area contributed by atoms with Crippen LogP contribution < -0.4 is 5.32 Å². The molecule has 0 saturated carbocycles. The number of aryl methyl sites for hydroxylation is 1. The van der Waals surface area contributed by atoms with E-state index >= 15 is 0 Å². The zero-order valence-electron chi connectivity index (χ0n) is 12.9. The molecule has 6 heteroatoms. The van der Waals surface area contributed by atoms with Gasteiger partial charge in [-0.2, -0.15) is 0 Å². The molecule has 118 valence electrons. The number of hydrogen-bond donors (Lipinski definition) is 2. The molecule has 3 rings (SSSR count). The lowest BCUT2D eigenvalue weighted by molar-refractivity contribution is 0.0934. The summed E-state index contributed by atoms with van der Waals surface area (Å²) in [6, 6.07) is 8.79. The normalized spacial score (nSPS) is 12.3. The van der Waals surface area contributed by atoms with Gasteiger partial charge in [-0.25, -0.2) is 9.97 Å². The number of pyridine rings is 1. The van der Waals surface area contributed by atoms with Gasteiger partial charge in [0.2, 0.25) is 0 Å². The smallest absolute Gasteiger partial charge is 0.251 e. The molecule has 2 N–H and O–H groups in total. The van der Waals surface area contributed by atoms with E-state index in [1.807, 2.05) is 26.0 Å². The van der Waals surface area contributed by atoms with Crippen LogP contribution in [0.4, 0.5) is 0 Å². The number of aromatic amines is 1. The van der Waals surface area contributed by atoms with Crippen molar-refractivity contribution in [2.75, 3.05) is 0 Å². The number of halogens is 1. The first-order valence-corrected chi connectivity index (χ1v) is 7.83. The van der Waals surface area contributed by atoms with Gasteiger partial charge in [-0.1, -0.05) is 18.5 Å². The number of carbonyl (C=O) groups is 1. The van der Waals surface area contributed by atoms with E-state index in [4.69, 9.17) is 11.6 Å². The third kappa shape index (κ3) is 3.35. The summed E-state index contributed by atoms with van der Waals surface area (Å²) in [6.07, 6.45) is 2.51. The van der Waals surface area contributed by atoms with Crippen molar-refractivity contribution in [2.45, 2.75) is 26.3 Å². The summed E-state index contributed by atoms with van der Waals surface area (Å²) in [5.41, 5.74) is 2.33. The average Bonchev–Trinajstić information content (AvgIpc) is 2.98. The van der Waals surface area contributed by atoms with Gasteiger partial charge in [-0.05, 0) is 43.7 Å². The number of hydrogen-bond acceptors (Lipinski definition) is 3. The zero-order chi connectivity index (χ0) is 16.4. The van der Waals surface area contributed by atoms with Crippen LogP contribution in [0.15, 0.2) is 36.5 Å². The number of nitrogens with one attached hydrogen (secondary N) is 2. The molecule has 3 aromatic rings. The Morgan fingerprint density at radius 2 is 2.17 bits per heavy atom. The van der Waals surface area contributed by atoms with Crippen LogP contribution in [0.2, 0.25) is 5.15 Å². The summed E-state index contributed by atoms with van der Waals surface area (Å²) < 4.78 is 0. The number of rotatable bonds is 4. The minimum absolute atomic E-state index is 0.136. The fourth-order valence-electron chi connectivity index (χ4n) is 2.46. The summed E-state index contributed by atoms with van der Waals surface area (Å²) in [4.78, 5) is 24.2. The Kier molecular flexibility index (Phi) is 4.30. The summed E-state index contributed by atoms with van der Waals surface area (Å²) in [6.45, 7) is 3.95. The Bertz CT molecular complexity index is 859. The second-order valence-corrected chi connectivity index (χ2v) is 5.81. The minimum Gasteiger partial charge on any atom is -0.344 e. The Morgan fingerprint density at radius 3 is 2.87 bits per heavy atom. The van der Waals surface area contributed by atoms with E-state index in [1.54, 1.807) is 24.4 Å². The van der Waals surface area contributed by atoms with Crippen LogP contribution in [0.25, 0.3) is 10.9 Å². The molecular formula is C17H17ClN4O. The molecule has 0 aliphatic rings. The standard InChI is InChI=1S/C17H17ClN4O/c1-3-13(16-19-9-10(2)20-16)22-17(23)12-4-6-14-11(8-12)5-7-15(18)21-14/h4-9,13H,3H2,1-2H3,(H,19,20)(H,22,23). The van der Waals surface area contributed by atoms with Crippen LogP contribution in [-0.2, 0) is 0 Å². The lowest BCUT2D eigenvalue weighted by Gasteiger charge is -2.15. The second kappa shape index (κ2) is 6.38. The van der Waals surface area contributed by atoms with Crippen molar-refractivity contribution in [2.24, 2.45) is 0 Å². The summed E-state index contributed by atoms with van der Waals surface area (Å²) in [5, 5.41) is 4.33. The van der Waals surface area contributed by atoms with E-state index in [1.165, 1.54) is 0 Å². The van der Waals surface area contributed by atoms with Crippen LogP contribution >= 0.6 is 11.6 Å². The first-order chi connectivity index (χ1) is 11.1. The highest BCUT2D eigenvalue weighted by atomic mass is 35.5. The molecule has 23 heavy (non-hydrogen) atoms. The van der Waals surface area contributed by atoms with Gasteiger partial charge >= 0.3 is 0 Å². The Hall–Kier alpha value is -2.40. The molecule has 5 nitrogen and oxygen atoms in total. The average molecular weight is 329 g/mol. The number of carbonyl (C=O) groups excluding carboxylic acids is 1. The Balaban J connectivity index is 1.83. The minimum atomic E-state index is -0.143. The molecule has 0 aliphatic heterocycles. The van der Waals surface area contributed by atoms with E-state index in [-0.39, 0.29) is 11.9 Å². The van der Waals surface area contributed by atoms with Gasteiger partial charge < -0.3 is 10.3 Å². The fourth-order valence-corrected chi connectivity index (χ4v) is 2.61. The van der Waals surface area contributed by atoms with Crippen LogP contribution in [0.5, 0.6) is 0 Å². The fraction of sp³-hybridized carbons (Fsp3) is 0.235. The monoisotopic (exact) mass is 328 g/mol. The molecule has 2 aromatic heterocycles. The van der Waals surface area contributed by atoms with Gasteiger partial charge in [0, 0.05) is 22.8 Å². The first kappa shape index (κ1) is 15.5. The maximum Gasteiger partial charge on any atom is 0.251 e. The molecule has 0 bridgehead atoms. The van der Waals surface area contributed by atoms with E-state index in [0.29, 0.717) is 10.7 Å². The third-order valence-corrected chi connectivity index (χ3v) is 3.89. The van der Waals surface area contributed by atoms with Crippen molar-refractivity contribution in [1.29, 1.82) is 0 Å². The molecule has 0 saturated heterocycles. The third-order valence-electron chi connectivity index (χ3n) is 3.68. The number of fused-ring (bicyclic) bond motifs is 1. The Labute approximate surface area is 139 Å². The molecule has 1 unspecified atom stereocenters. The highest BCUT2D eigenvalue weighted by Gasteiger charge is 2.16. The molecule has 0 spiro atoms. The van der Waals surface area contributed by atoms with E-state index in [9.17, 15) is 4.79 Å². The number of H-pyrrole nitrogens is 1. The van der Waals surface area contributed by atoms with Crippen molar-refractivity contribution < 1.29 is 4.79 Å². The van der Waals surface area contributed by atoms with Gasteiger partial charge in [0.15, 0.2) is 0 Å². The van der Waals surface area contributed by atoms with Crippen LogP contribution in [-0.4, -0.2) is 20.9 Å². The molecule has 1 aromatic carbocycles. The summed E-state index contributed by atoms with van der Waals surface area (Å²) in [7, 11) is 0. The largest absolute Gasteiger partial charge is 0.344 e. The topological polar surface area (TPSA) is 70.7 Å². The van der Waals surface area contributed by atoms with E-state index < -0.39 is 0 Å². The molecular weight excluding hydrogens is 312 g/mol. The lowest BCUT2D eigenvalue weighted by Crippen LogP contribution is -2.28. The van der Waals surface area contributed by atoms with Crippen molar-refractivity contribution in [3.8, 4) is 0 Å². The number of benzene rings is 1.